The van der Waals surface area contributed by atoms with E-state index >= 15 is 0 Å². The minimum absolute atomic E-state index is 0. The molecule has 0 aliphatic rings. The SMILES string of the molecule is CC(C)(CO)C(O)C(=O)NCCCC(=O)O.CC(C)(CO)C(O)C(=O)NCCCC(=O)O.O.[Ca+2].[Ca+2].[H-].[H-].[H-].[H-]. The second kappa shape index (κ2) is 23.3. The molecule has 0 rings (SSSR count). The van der Waals surface area contributed by atoms with Gasteiger partial charge in [-0.15, -0.1) is 0 Å². The molecule has 0 radical (unpaired) electrons. The minimum Gasteiger partial charge on any atom is -1.00 e. The fraction of sp³-hybridized carbons (Fsp3) is 0.800. The van der Waals surface area contributed by atoms with Crippen LogP contribution in [0.15, 0.2) is 0 Å². The Hall–Kier alpha value is 0.199. The average Bonchev–Trinajstić information content (AvgIpc) is 2.72. The number of carbonyl (C=O) groups excluding carboxylic acids is 2. The molecule has 0 saturated heterocycles. The van der Waals surface area contributed by atoms with Crippen LogP contribution in [0.3, 0.4) is 0 Å². The van der Waals surface area contributed by atoms with E-state index in [0.29, 0.717) is 12.8 Å². The summed E-state index contributed by atoms with van der Waals surface area (Å²) in [7, 11) is 0. The van der Waals surface area contributed by atoms with Crippen molar-refractivity contribution in [2.45, 2.75) is 65.6 Å². The number of carboxylic acids is 2. The summed E-state index contributed by atoms with van der Waals surface area (Å²) in [6.45, 7) is 6.03. The van der Waals surface area contributed by atoms with Gasteiger partial charge in [-0.05, 0) is 12.8 Å². The molecule has 2 atom stereocenters. The second-order valence-corrected chi connectivity index (χ2v) is 8.68. The van der Waals surface area contributed by atoms with Crippen molar-refractivity contribution >= 4 is 99.2 Å². The van der Waals surface area contributed by atoms with Gasteiger partial charge in [0.15, 0.2) is 0 Å². The maximum absolute atomic E-state index is 11.4. The van der Waals surface area contributed by atoms with Crippen molar-refractivity contribution in [3.05, 3.63) is 0 Å². The molecule has 0 fully saturated rings. The van der Waals surface area contributed by atoms with Crippen LogP contribution < -0.4 is 10.6 Å². The minimum atomic E-state index is -1.30. The van der Waals surface area contributed by atoms with E-state index in [1.54, 1.807) is 27.7 Å². The van der Waals surface area contributed by atoms with Gasteiger partial charge in [0.1, 0.15) is 12.2 Å². The van der Waals surface area contributed by atoms with Gasteiger partial charge in [-0.3, -0.25) is 19.2 Å². The number of aliphatic hydroxyl groups is 4. The molecule has 0 aliphatic heterocycles. The van der Waals surface area contributed by atoms with Gasteiger partial charge >= 0.3 is 87.4 Å². The van der Waals surface area contributed by atoms with Crippen LogP contribution in [0.25, 0.3) is 0 Å². The zero-order chi connectivity index (χ0) is 25.5. The molecule has 15 heteroatoms. The van der Waals surface area contributed by atoms with Gasteiger partial charge in [0.2, 0.25) is 11.8 Å². The van der Waals surface area contributed by atoms with Crippen LogP contribution in [0.5, 0.6) is 0 Å². The van der Waals surface area contributed by atoms with Crippen LogP contribution in [0, 0.1) is 10.8 Å². The molecule has 204 valence electrons. The first-order valence-electron chi connectivity index (χ1n) is 10.2. The third-order valence-corrected chi connectivity index (χ3v) is 4.53. The van der Waals surface area contributed by atoms with Gasteiger partial charge in [-0.25, -0.2) is 0 Å². The van der Waals surface area contributed by atoms with E-state index in [0.717, 1.165) is 0 Å². The topological polar surface area (TPSA) is 245 Å². The Kier molecular flexibility index (Phi) is 30.1. The fourth-order valence-electron chi connectivity index (χ4n) is 1.98. The first-order valence-corrected chi connectivity index (χ1v) is 10.2. The molecule has 0 bridgehead atoms. The van der Waals surface area contributed by atoms with Crippen LogP contribution in [-0.4, -0.2) is 174 Å². The molecule has 0 aromatic heterocycles. The normalized spacial score (nSPS) is 12.1. The van der Waals surface area contributed by atoms with Gasteiger partial charge in [0.05, 0.1) is 13.2 Å². The Morgan fingerprint density at radius 3 is 1.17 bits per heavy atom. The molecule has 13 nitrogen and oxygen atoms in total. The van der Waals surface area contributed by atoms with Crippen molar-refractivity contribution in [3.8, 4) is 0 Å². The fourth-order valence-corrected chi connectivity index (χ4v) is 1.98. The maximum atomic E-state index is 11.4. The van der Waals surface area contributed by atoms with E-state index in [4.69, 9.17) is 20.4 Å². The van der Waals surface area contributed by atoms with Crippen LogP contribution in [-0.2, 0) is 19.2 Å². The van der Waals surface area contributed by atoms with Crippen molar-refractivity contribution < 1.29 is 61.0 Å². The number of aliphatic carboxylic acids is 2. The average molecular weight is 569 g/mol. The van der Waals surface area contributed by atoms with Crippen molar-refractivity contribution in [1.82, 2.24) is 10.6 Å². The van der Waals surface area contributed by atoms with Crippen molar-refractivity contribution in [2.24, 2.45) is 10.8 Å². The first-order chi connectivity index (χ1) is 14.6. The largest absolute Gasteiger partial charge is 2.00 e. The molecule has 0 aliphatic carbocycles. The predicted octanol–water partition coefficient (Wildman–Crippen LogP) is -2.44. The van der Waals surface area contributed by atoms with Gasteiger partial charge in [-0.1, -0.05) is 27.7 Å². The molecule has 0 spiro atoms. The summed E-state index contributed by atoms with van der Waals surface area (Å²) >= 11 is 0. The molecule has 0 heterocycles. The predicted molar refractivity (Wildman–Crippen MR) is 133 cm³/mol. The number of amides is 2. The summed E-state index contributed by atoms with van der Waals surface area (Å²) in [6.07, 6.45) is -2.04. The smallest absolute Gasteiger partial charge is 1.00 e. The van der Waals surface area contributed by atoms with Gasteiger partial charge < -0.3 is 52.5 Å². The summed E-state index contributed by atoms with van der Waals surface area (Å²) in [5.41, 5.74) is -1.81. The third kappa shape index (κ3) is 21.9. The number of carboxylic acid groups (broad SMARTS) is 2. The number of hydrogen-bond acceptors (Lipinski definition) is 8. The van der Waals surface area contributed by atoms with Crippen LogP contribution in [0.1, 0.15) is 59.1 Å². The number of aliphatic hydroxyl groups excluding tert-OH is 4. The number of carbonyl (C=O) groups is 4. The molecule has 35 heavy (non-hydrogen) atoms. The summed E-state index contributed by atoms with van der Waals surface area (Å²) in [5.74, 6) is -3.04. The van der Waals surface area contributed by atoms with Crippen molar-refractivity contribution in [3.63, 3.8) is 0 Å². The third-order valence-electron chi connectivity index (χ3n) is 4.53. The number of rotatable bonds is 14. The van der Waals surface area contributed by atoms with E-state index in [2.05, 4.69) is 10.6 Å². The Labute approximate surface area is 271 Å². The molecular formula is C20H44Ca2N2O11. The van der Waals surface area contributed by atoms with Crippen LogP contribution >= 0.6 is 0 Å². The quantitative estimate of drug-likeness (QED) is 0.0812. The Morgan fingerprint density at radius 1 is 0.714 bits per heavy atom. The van der Waals surface area contributed by atoms with E-state index in [-0.39, 0.29) is 126 Å². The Balaban J connectivity index is -0.0000000559. The van der Waals surface area contributed by atoms with Crippen molar-refractivity contribution in [1.29, 1.82) is 0 Å². The van der Waals surface area contributed by atoms with E-state index in [9.17, 15) is 29.4 Å². The molecule has 2 amide bonds. The Morgan fingerprint density at radius 2 is 0.971 bits per heavy atom. The number of nitrogens with one attached hydrogen (secondary N) is 2. The maximum Gasteiger partial charge on any atom is 2.00 e. The summed E-state index contributed by atoms with van der Waals surface area (Å²) < 4.78 is 0. The van der Waals surface area contributed by atoms with Crippen LogP contribution in [0.2, 0.25) is 0 Å². The van der Waals surface area contributed by atoms with Gasteiger partial charge in [0.25, 0.3) is 0 Å². The van der Waals surface area contributed by atoms with Crippen LogP contribution in [0.4, 0.5) is 0 Å². The standard InChI is InChI=1S/2C10H19NO5.2Ca.H2O.4H/c2*1-10(2,6-12)8(15)9(16)11-5-3-4-7(13)14;;;;;;;/h2*8,12,15H,3-6H2,1-2H3,(H,11,16)(H,13,14);;;1H2;;;;/q;;2*+2;;4*-1. The number of hydrogen-bond donors (Lipinski definition) is 8. The zero-order valence-corrected chi connectivity index (χ0v) is 25.5. The molecule has 0 aromatic carbocycles. The second-order valence-electron chi connectivity index (χ2n) is 8.68. The Bertz CT molecular complexity index is 586. The molecule has 10 N–H and O–H groups in total. The van der Waals surface area contributed by atoms with E-state index in [1.807, 2.05) is 0 Å². The molecule has 0 aromatic rings. The van der Waals surface area contributed by atoms with Gasteiger partial charge in [-0.2, -0.15) is 0 Å². The summed E-state index contributed by atoms with van der Waals surface area (Å²) in [4.78, 5) is 43.1. The van der Waals surface area contributed by atoms with E-state index in [1.165, 1.54) is 0 Å². The molecular weight excluding hydrogens is 524 g/mol. The summed E-state index contributed by atoms with van der Waals surface area (Å²) in [6, 6.07) is 0. The summed E-state index contributed by atoms with van der Waals surface area (Å²) in [5, 5.41) is 58.6. The molecule has 2 unspecified atom stereocenters. The van der Waals surface area contributed by atoms with E-state index < -0.39 is 46.8 Å². The van der Waals surface area contributed by atoms with Crippen molar-refractivity contribution in [2.75, 3.05) is 26.3 Å². The molecule has 0 saturated carbocycles. The first kappa shape index (κ1) is 45.1. The monoisotopic (exact) mass is 568 g/mol. The zero-order valence-electron chi connectivity index (χ0n) is 25.0. The van der Waals surface area contributed by atoms with Gasteiger partial charge in [0, 0.05) is 36.8 Å².